The van der Waals surface area contributed by atoms with Gasteiger partial charge in [-0.2, -0.15) is 0 Å². The van der Waals surface area contributed by atoms with Crippen LogP contribution >= 0.6 is 0 Å². The van der Waals surface area contributed by atoms with E-state index in [2.05, 4.69) is 37.3 Å². The third kappa shape index (κ3) is 3.80. The van der Waals surface area contributed by atoms with Gasteiger partial charge in [-0.05, 0) is 38.0 Å². The van der Waals surface area contributed by atoms with E-state index in [0.717, 1.165) is 38.2 Å². The van der Waals surface area contributed by atoms with E-state index in [9.17, 15) is 9.59 Å². The van der Waals surface area contributed by atoms with Gasteiger partial charge in [0.1, 0.15) is 5.82 Å². The molecule has 1 saturated heterocycles. The smallest absolute Gasteiger partial charge is 0.233 e. The molecule has 1 aliphatic heterocycles. The molecule has 29 heavy (non-hydrogen) atoms. The maximum Gasteiger partial charge on any atom is 0.233 e. The minimum Gasteiger partial charge on any atom is -0.356 e. The molecule has 2 heterocycles. The highest BCUT2D eigenvalue weighted by Crippen LogP contribution is 2.52. The Bertz CT molecular complexity index is 799. The average Bonchev–Trinajstić information content (AvgIpc) is 3.48. The van der Waals surface area contributed by atoms with Gasteiger partial charge in [-0.25, -0.2) is 4.98 Å². The fourth-order valence-corrected chi connectivity index (χ4v) is 4.95. The van der Waals surface area contributed by atoms with Crippen LogP contribution < -0.4 is 10.6 Å². The standard InChI is InChI=1S/C21H30N6O2/c1-14-23-8-11-26(14)10-4-3-7-24-21(22-2)25-9-12-27-19(28)17-15-5-6-16(13-15)18(17)20(27)29/h5-6,8,11,15-18H,3-4,7,9-10,12-13H2,1-2H3,(H2,22,24,25). The van der Waals surface area contributed by atoms with Gasteiger partial charge < -0.3 is 15.2 Å². The number of unbranched alkanes of at least 4 members (excludes halogenated alkanes) is 1. The highest BCUT2D eigenvalue weighted by atomic mass is 16.2. The number of amides is 2. The van der Waals surface area contributed by atoms with Crippen LogP contribution in [-0.4, -0.2) is 58.9 Å². The van der Waals surface area contributed by atoms with E-state index < -0.39 is 0 Å². The Labute approximate surface area is 171 Å². The number of guanidine groups is 1. The van der Waals surface area contributed by atoms with Gasteiger partial charge >= 0.3 is 0 Å². The van der Waals surface area contributed by atoms with Crippen LogP contribution in [0.1, 0.15) is 25.1 Å². The van der Waals surface area contributed by atoms with E-state index >= 15 is 0 Å². The molecule has 1 aromatic heterocycles. The van der Waals surface area contributed by atoms with Crippen molar-refractivity contribution in [1.29, 1.82) is 0 Å². The third-order valence-electron chi connectivity index (χ3n) is 6.45. The highest BCUT2D eigenvalue weighted by molar-refractivity contribution is 6.06. The van der Waals surface area contributed by atoms with Gasteiger partial charge in [0.05, 0.1) is 11.8 Å². The molecule has 8 heteroatoms. The van der Waals surface area contributed by atoms with Crippen molar-refractivity contribution >= 4 is 17.8 Å². The second-order valence-electron chi connectivity index (χ2n) is 8.13. The molecule has 4 atom stereocenters. The van der Waals surface area contributed by atoms with Crippen molar-refractivity contribution in [3.05, 3.63) is 30.4 Å². The number of aromatic nitrogens is 2. The summed E-state index contributed by atoms with van der Waals surface area (Å²) in [6.07, 6.45) is 11.1. The van der Waals surface area contributed by atoms with Crippen molar-refractivity contribution in [1.82, 2.24) is 25.1 Å². The Balaban J connectivity index is 1.16. The summed E-state index contributed by atoms with van der Waals surface area (Å²) in [5, 5.41) is 6.51. The number of nitrogens with one attached hydrogen (secondary N) is 2. The number of carbonyl (C=O) groups excluding carboxylic acids is 2. The Morgan fingerprint density at radius 1 is 1.10 bits per heavy atom. The van der Waals surface area contributed by atoms with E-state index in [1.54, 1.807) is 7.05 Å². The quantitative estimate of drug-likeness (QED) is 0.224. The van der Waals surface area contributed by atoms with Crippen LogP contribution in [0.25, 0.3) is 0 Å². The normalized spacial score (nSPS) is 27.8. The lowest BCUT2D eigenvalue weighted by atomic mass is 9.85. The predicted octanol–water partition coefficient (Wildman–Crippen LogP) is 0.944. The molecule has 3 aliphatic rings. The first-order valence-electron chi connectivity index (χ1n) is 10.6. The fraction of sp³-hybridized carbons (Fsp3) is 0.619. The molecule has 1 saturated carbocycles. The number of carbonyl (C=O) groups is 2. The first-order chi connectivity index (χ1) is 14.1. The SMILES string of the molecule is CN=C(NCCCCn1ccnc1C)NCCN1C(=O)C2C3C=CC(C3)C2C1=O. The summed E-state index contributed by atoms with van der Waals surface area (Å²) in [5.74, 6) is 2.05. The first kappa shape index (κ1) is 19.7. The van der Waals surface area contributed by atoms with Crippen LogP contribution in [0.15, 0.2) is 29.5 Å². The lowest BCUT2D eigenvalue weighted by Gasteiger charge is -2.18. The molecular formula is C21H30N6O2. The van der Waals surface area contributed by atoms with Crippen molar-refractivity contribution in [2.75, 3.05) is 26.7 Å². The van der Waals surface area contributed by atoms with E-state index in [1.165, 1.54) is 4.90 Å². The van der Waals surface area contributed by atoms with Gasteiger partial charge in [0.2, 0.25) is 11.8 Å². The monoisotopic (exact) mass is 398 g/mol. The van der Waals surface area contributed by atoms with Gasteiger partial charge in [-0.1, -0.05) is 12.2 Å². The van der Waals surface area contributed by atoms with Crippen molar-refractivity contribution in [2.45, 2.75) is 32.7 Å². The molecule has 156 valence electrons. The number of aryl methyl sites for hydroxylation is 2. The summed E-state index contributed by atoms with van der Waals surface area (Å²) >= 11 is 0. The van der Waals surface area contributed by atoms with E-state index in [4.69, 9.17) is 0 Å². The Kier molecular flexibility index (Phi) is 5.69. The molecule has 1 aromatic rings. The second kappa shape index (κ2) is 8.39. The number of hydrogen-bond donors (Lipinski definition) is 2. The van der Waals surface area contributed by atoms with Gasteiger partial charge in [-0.3, -0.25) is 19.5 Å². The summed E-state index contributed by atoms with van der Waals surface area (Å²) in [7, 11) is 1.73. The van der Waals surface area contributed by atoms with Crippen LogP contribution in [0.5, 0.6) is 0 Å². The topological polar surface area (TPSA) is 91.6 Å². The first-order valence-corrected chi connectivity index (χ1v) is 10.6. The summed E-state index contributed by atoms with van der Waals surface area (Å²) in [6.45, 7) is 4.68. The molecule has 0 spiro atoms. The molecule has 4 rings (SSSR count). The molecule has 0 radical (unpaired) electrons. The predicted molar refractivity (Wildman–Crippen MR) is 110 cm³/mol. The van der Waals surface area contributed by atoms with E-state index in [-0.39, 0.29) is 35.5 Å². The number of allylic oxidation sites excluding steroid dienone is 2. The zero-order chi connectivity index (χ0) is 20.4. The van der Waals surface area contributed by atoms with Crippen LogP contribution in [-0.2, 0) is 16.1 Å². The van der Waals surface area contributed by atoms with Crippen LogP contribution in [0.3, 0.4) is 0 Å². The van der Waals surface area contributed by atoms with Crippen LogP contribution in [0.4, 0.5) is 0 Å². The largest absolute Gasteiger partial charge is 0.356 e. The minimum atomic E-state index is -0.117. The van der Waals surface area contributed by atoms with Crippen molar-refractivity contribution in [3.63, 3.8) is 0 Å². The van der Waals surface area contributed by atoms with Gasteiger partial charge in [0.15, 0.2) is 5.96 Å². The Morgan fingerprint density at radius 3 is 2.41 bits per heavy atom. The number of fused-ring (bicyclic) bond motifs is 5. The number of rotatable bonds is 8. The summed E-state index contributed by atoms with van der Waals surface area (Å²) < 4.78 is 2.15. The molecule has 4 unspecified atom stereocenters. The molecule has 0 aromatic carbocycles. The van der Waals surface area contributed by atoms with Crippen molar-refractivity contribution < 1.29 is 9.59 Å². The maximum absolute atomic E-state index is 12.7. The molecule has 8 nitrogen and oxygen atoms in total. The lowest BCUT2D eigenvalue weighted by molar-refractivity contribution is -0.140. The van der Waals surface area contributed by atoms with Gasteiger partial charge in [-0.15, -0.1) is 0 Å². The number of imidazole rings is 1. The zero-order valence-corrected chi connectivity index (χ0v) is 17.2. The molecule has 2 amide bonds. The van der Waals surface area contributed by atoms with Crippen molar-refractivity contribution in [2.24, 2.45) is 28.7 Å². The molecule has 2 N–H and O–H groups in total. The average molecular weight is 399 g/mol. The lowest BCUT2D eigenvalue weighted by Crippen LogP contribution is -2.43. The number of likely N-dealkylation sites (tertiary alicyclic amines) is 1. The van der Waals surface area contributed by atoms with Gasteiger partial charge in [0, 0.05) is 45.6 Å². The fourth-order valence-electron chi connectivity index (χ4n) is 4.95. The molecule has 2 bridgehead atoms. The molecule has 2 aliphatic carbocycles. The summed E-state index contributed by atoms with van der Waals surface area (Å²) in [4.78, 5) is 35.3. The number of nitrogens with zero attached hydrogens (tertiary/aromatic N) is 4. The van der Waals surface area contributed by atoms with Crippen LogP contribution in [0, 0.1) is 30.6 Å². The summed E-state index contributed by atoms with van der Waals surface area (Å²) in [6, 6.07) is 0. The van der Waals surface area contributed by atoms with Gasteiger partial charge in [0.25, 0.3) is 0 Å². The Morgan fingerprint density at radius 2 is 1.79 bits per heavy atom. The van der Waals surface area contributed by atoms with E-state index in [0.29, 0.717) is 19.0 Å². The number of imide groups is 1. The van der Waals surface area contributed by atoms with E-state index in [1.807, 2.05) is 19.3 Å². The number of hydrogen-bond acceptors (Lipinski definition) is 4. The van der Waals surface area contributed by atoms with Crippen LogP contribution in [0.2, 0.25) is 0 Å². The number of aliphatic imine (C=N–C) groups is 1. The molecular weight excluding hydrogens is 368 g/mol. The Hall–Kier alpha value is -2.64. The molecule has 2 fully saturated rings. The zero-order valence-electron chi connectivity index (χ0n) is 17.2. The maximum atomic E-state index is 12.7. The highest BCUT2D eigenvalue weighted by Gasteiger charge is 2.58. The summed E-state index contributed by atoms with van der Waals surface area (Å²) in [5.41, 5.74) is 0. The second-order valence-corrected chi connectivity index (χ2v) is 8.13. The third-order valence-corrected chi connectivity index (χ3v) is 6.45. The minimum absolute atomic E-state index is 0.0105. The van der Waals surface area contributed by atoms with Crippen molar-refractivity contribution in [3.8, 4) is 0 Å².